The average Bonchev–Trinajstić information content (AvgIpc) is 3.30. The molecule has 0 fully saturated rings. The van der Waals surface area contributed by atoms with Crippen molar-refractivity contribution >= 4 is 25.7 Å². The average molecular weight is 955 g/mol. The van der Waals surface area contributed by atoms with E-state index in [2.05, 4.69) is 57.2 Å². The molecule has 0 heterocycles. The minimum absolute atomic E-state index is 0.160. The largest absolute Gasteiger partial charge is 0.472 e. The smallest absolute Gasteiger partial charge is 0.462 e. The van der Waals surface area contributed by atoms with Gasteiger partial charge in [-0.2, -0.15) is 0 Å². The third-order valence-electron chi connectivity index (χ3n) is 11.6. The predicted molar refractivity (Wildman–Crippen MR) is 270 cm³/mol. The van der Waals surface area contributed by atoms with Crippen molar-refractivity contribution in [1.82, 2.24) is 0 Å². The van der Waals surface area contributed by atoms with Crippen LogP contribution in [0.3, 0.4) is 0 Å². The molecule has 0 aliphatic carbocycles. The van der Waals surface area contributed by atoms with Crippen LogP contribution in [0.1, 0.15) is 252 Å². The summed E-state index contributed by atoms with van der Waals surface area (Å²) in [6.07, 6.45) is 48.2. The van der Waals surface area contributed by atoms with Crippen molar-refractivity contribution in [3.63, 3.8) is 0 Å². The number of hydrogen-bond acceptors (Lipinski definition) is 10. The van der Waals surface area contributed by atoms with Crippen LogP contribution < -0.4 is 0 Å². The zero-order chi connectivity index (χ0) is 48.4. The lowest BCUT2D eigenvalue weighted by molar-refractivity contribution is -0.161. The summed E-state index contributed by atoms with van der Waals surface area (Å²) in [5.74, 6) is -1.46. The number of allylic oxidation sites excluding steroid dienone is 6. The molecule has 0 aliphatic rings. The highest BCUT2D eigenvalue weighted by atomic mass is 31.2. The molecule has 0 amide bonds. The van der Waals surface area contributed by atoms with Gasteiger partial charge >= 0.3 is 25.7 Å². The number of phosphoric ester groups is 1. The number of rotatable bonds is 50. The molecule has 0 aromatic rings. The van der Waals surface area contributed by atoms with Gasteiger partial charge in [0.15, 0.2) is 6.10 Å². The highest BCUT2D eigenvalue weighted by Gasteiger charge is 2.28. The second-order valence-corrected chi connectivity index (χ2v) is 19.5. The minimum Gasteiger partial charge on any atom is -0.462 e. The van der Waals surface area contributed by atoms with Gasteiger partial charge in [-0.15, -0.1) is 0 Å². The summed E-state index contributed by atoms with van der Waals surface area (Å²) >= 11 is 0. The first-order valence-electron chi connectivity index (χ1n) is 26.9. The molecule has 0 bridgehead atoms. The fraction of sp³-hybridized carbons (Fsp3) is 0.833. The van der Waals surface area contributed by atoms with Crippen LogP contribution in [0, 0.1) is 0 Å². The van der Waals surface area contributed by atoms with Crippen LogP contribution >= 0.6 is 7.82 Å². The Morgan fingerprint density at radius 1 is 0.439 bits per heavy atom. The number of hydrogen-bond donors (Lipinski definition) is 2. The molecule has 0 aliphatic heterocycles. The number of phosphoric acid groups is 1. The van der Waals surface area contributed by atoms with E-state index in [4.69, 9.17) is 23.3 Å². The summed E-state index contributed by atoms with van der Waals surface area (Å²) in [7, 11) is -4.74. The Kier molecular flexibility index (Phi) is 47.4. The quantitative estimate of drug-likeness (QED) is 0.0197. The number of ether oxygens (including phenoxy) is 3. The SMILES string of the molecule is CC/C=C\C/C=C\C/C=C\CCCCCCCCCC(=O)OC(COC(=O)CCCCCCCCCCCCC)COP(=O)(O)OCC(CO)OC(=O)CCCCCCCCCCCCC. The van der Waals surface area contributed by atoms with Crippen molar-refractivity contribution in [3.8, 4) is 0 Å². The molecule has 0 rings (SSSR count). The lowest BCUT2D eigenvalue weighted by Crippen LogP contribution is -2.30. The van der Waals surface area contributed by atoms with Crippen molar-refractivity contribution < 1.29 is 52.2 Å². The van der Waals surface area contributed by atoms with E-state index in [-0.39, 0.29) is 25.9 Å². The Morgan fingerprint density at radius 2 is 0.788 bits per heavy atom. The monoisotopic (exact) mass is 955 g/mol. The van der Waals surface area contributed by atoms with Gasteiger partial charge in [0.05, 0.1) is 19.8 Å². The first-order chi connectivity index (χ1) is 32.2. The van der Waals surface area contributed by atoms with Gasteiger partial charge in [0.1, 0.15) is 12.7 Å². The highest BCUT2D eigenvalue weighted by Crippen LogP contribution is 2.43. The molecule has 0 aromatic heterocycles. The van der Waals surface area contributed by atoms with Crippen LogP contribution in [0.5, 0.6) is 0 Å². The van der Waals surface area contributed by atoms with E-state index in [1.165, 1.54) is 103 Å². The molecular weight excluding hydrogens is 856 g/mol. The number of unbranched alkanes of at least 4 members (excludes halogenated alkanes) is 27. The molecule has 3 atom stereocenters. The first kappa shape index (κ1) is 63.7. The number of carbonyl (C=O) groups is 3. The van der Waals surface area contributed by atoms with E-state index in [0.717, 1.165) is 89.9 Å². The van der Waals surface area contributed by atoms with Crippen LogP contribution in [-0.4, -0.2) is 66.5 Å². The maximum atomic E-state index is 12.8. The van der Waals surface area contributed by atoms with Crippen molar-refractivity contribution in [3.05, 3.63) is 36.5 Å². The zero-order valence-electron chi connectivity index (χ0n) is 42.4. The molecule has 2 N–H and O–H groups in total. The fourth-order valence-corrected chi connectivity index (χ4v) is 8.27. The summed E-state index contributed by atoms with van der Waals surface area (Å²) in [4.78, 5) is 48.3. The van der Waals surface area contributed by atoms with E-state index in [1.54, 1.807) is 0 Å². The molecule has 0 radical (unpaired) electrons. The van der Waals surface area contributed by atoms with Gasteiger partial charge in [0.2, 0.25) is 0 Å². The molecular formula is C54H99O11P. The van der Waals surface area contributed by atoms with E-state index in [0.29, 0.717) is 19.3 Å². The molecule has 11 nitrogen and oxygen atoms in total. The first-order valence-corrected chi connectivity index (χ1v) is 28.4. The molecule has 0 aromatic carbocycles. The molecule has 386 valence electrons. The van der Waals surface area contributed by atoms with Gasteiger partial charge in [-0.25, -0.2) is 4.57 Å². The Balaban J connectivity index is 4.71. The lowest BCUT2D eigenvalue weighted by Gasteiger charge is -2.21. The third-order valence-corrected chi connectivity index (χ3v) is 12.5. The molecule has 3 unspecified atom stereocenters. The number of carbonyl (C=O) groups excluding carboxylic acids is 3. The molecule has 0 saturated heterocycles. The standard InChI is InChI=1S/C54H99O11P/c1-4-7-10-13-16-19-22-23-24-25-26-27-30-33-36-39-42-45-54(58)65-51(47-61-52(56)43-40-37-34-31-28-20-17-14-11-8-5-2)49-63-66(59,60)62-48-50(46-55)64-53(57)44-41-38-35-32-29-21-18-15-12-9-6-3/h7,10,16,19,23-24,50-51,55H,4-6,8-9,11-15,17-18,20-22,25-49H2,1-3H3,(H,59,60)/b10-7-,19-16-,24-23-. The van der Waals surface area contributed by atoms with Crippen LogP contribution in [0.15, 0.2) is 36.5 Å². The van der Waals surface area contributed by atoms with Gasteiger partial charge in [-0.3, -0.25) is 23.4 Å². The van der Waals surface area contributed by atoms with Crippen LogP contribution in [0.4, 0.5) is 0 Å². The van der Waals surface area contributed by atoms with Crippen molar-refractivity contribution in [1.29, 1.82) is 0 Å². The van der Waals surface area contributed by atoms with Crippen LogP contribution in [0.25, 0.3) is 0 Å². The second kappa shape index (κ2) is 49.1. The topological polar surface area (TPSA) is 155 Å². The molecule has 0 saturated carbocycles. The van der Waals surface area contributed by atoms with E-state index in [9.17, 15) is 28.9 Å². The summed E-state index contributed by atoms with van der Waals surface area (Å²) < 4.78 is 39.4. The number of aliphatic hydroxyl groups excluding tert-OH is 1. The van der Waals surface area contributed by atoms with Crippen LogP contribution in [0.2, 0.25) is 0 Å². The van der Waals surface area contributed by atoms with Gasteiger partial charge < -0.3 is 24.2 Å². The zero-order valence-corrected chi connectivity index (χ0v) is 43.3. The number of esters is 3. The third kappa shape index (κ3) is 46.8. The molecule has 12 heteroatoms. The summed E-state index contributed by atoms with van der Waals surface area (Å²) in [6, 6.07) is 0. The van der Waals surface area contributed by atoms with Crippen molar-refractivity contribution in [2.45, 2.75) is 264 Å². The van der Waals surface area contributed by atoms with Crippen molar-refractivity contribution in [2.24, 2.45) is 0 Å². The van der Waals surface area contributed by atoms with E-state index in [1.807, 2.05) is 0 Å². The Morgan fingerprint density at radius 3 is 1.21 bits per heavy atom. The van der Waals surface area contributed by atoms with Gasteiger partial charge in [0, 0.05) is 19.3 Å². The van der Waals surface area contributed by atoms with Crippen LogP contribution in [-0.2, 0) is 42.2 Å². The molecule has 0 spiro atoms. The Labute approximate surface area is 403 Å². The predicted octanol–water partition coefficient (Wildman–Crippen LogP) is 15.3. The number of aliphatic hydroxyl groups is 1. The van der Waals surface area contributed by atoms with Crippen molar-refractivity contribution in [2.75, 3.05) is 26.4 Å². The summed E-state index contributed by atoms with van der Waals surface area (Å²) in [5, 5.41) is 9.76. The summed E-state index contributed by atoms with van der Waals surface area (Å²) in [5.41, 5.74) is 0. The van der Waals surface area contributed by atoms with E-state index < -0.39 is 57.8 Å². The minimum atomic E-state index is -4.74. The Hall–Kier alpha value is -2.30. The molecule has 66 heavy (non-hydrogen) atoms. The maximum Gasteiger partial charge on any atom is 0.472 e. The van der Waals surface area contributed by atoms with Gasteiger partial charge in [-0.05, 0) is 51.4 Å². The fourth-order valence-electron chi connectivity index (χ4n) is 7.49. The summed E-state index contributed by atoms with van der Waals surface area (Å²) in [6.45, 7) is 4.52. The Bertz CT molecular complexity index is 1250. The van der Waals surface area contributed by atoms with Gasteiger partial charge in [0.25, 0.3) is 0 Å². The highest BCUT2D eigenvalue weighted by molar-refractivity contribution is 7.47. The second-order valence-electron chi connectivity index (χ2n) is 18.0. The maximum absolute atomic E-state index is 12.8. The lowest BCUT2D eigenvalue weighted by atomic mass is 10.1. The van der Waals surface area contributed by atoms with E-state index >= 15 is 0 Å². The van der Waals surface area contributed by atoms with Gasteiger partial charge in [-0.1, -0.05) is 218 Å². The normalized spacial score (nSPS) is 13.7.